The lowest BCUT2D eigenvalue weighted by atomic mass is 9.70. The van der Waals surface area contributed by atoms with Crippen molar-refractivity contribution in [2.45, 2.75) is 57.6 Å². The molecule has 0 unspecified atom stereocenters. The quantitative estimate of drug-likeness (QED) is 0.543. The molecule has 3 aliphatic rings. The Kier molecular flexibility index (Phi) is 7.63. The molecule has 2 aliphatic heterocycles. The molecule has 3 N–H and O–H groups in total. The Morgan fingerprint density at radius 1 is 1.16 bits per heavy atom. The molecule has 10 heteroatoms. The predicted octanol–water partition coefficient (Wildman–Crippen LogP) is 2.62. The Hall–Kier alpha value is -3.11. The number of piperidine rings is 1. The molecule has 2 amide bonds. The summed E-state index contributed by atoms with van der Waals surface area (Å²) in [5.41, 5.74) is 6.43. The van der Waals surface area contributed by atoms with Crippen molar-refractivity contribution in [3.63, 3.8) is 0 Å². The van der Waals surface area contributed by atoms with E-state index in [9.17, 15) is 19.1 Å². The highest BCUT2D eigenvalue weighted by atomic mass is 19.1. The first-order valence-electron chi connectivity index (χ1n) is 13.5. The number of aromatic nitrogens is 2. The van der Waals surface area contributed by atoms with Gasteiger partial charge in [0, 0.05) is 24.2 Å². The van der Waals surface area contributed by atoms with Gasteiger partial charge in [-0.15, -0.1) is 0 Å². The lowest BCUT2D eigenvalue weighted by Crippen LogP contribution is -2.48. The highest BCUT2D eigenvalue weighted by Crippen LogP contribution is 2.41. The fraction of sp³-hybridized carbons (Fsp3) is 0.571. The average Bonchev–Trinajstić information content (AvgIpc) is 3.29. The number of nitrogens with zero attached hydrogens (tertiary/aromatic N) is 4. The summed E-state index contributed by atoms with van der Waals surface area (Å²) < 4.78 is 20.8. The number of ether oxygens (including phenoxy) is 1. The summed E-state index contributed by atoms with van der Waals surface area (Å²) in [5, 5.41) is 9.97. The minimum atomic E-state index is -1.12. The van der Waals surface area contributed by atoms with E-state index in [0.29, 0.717) is 29.5 Å². The van der Waals surface area contributed by atoms with Gasteiger partial charge in [0.1, 0.15) is 11.9 Å². The molecule has 3 heterocycles. The summed E-state index contributed by atoms with van der Waals surface area (Å²) in [6.45, 7) is 6.56. The third-order valence-electron chi connectivity index (χ3n) is 8.38. The van der Waals surface area contributed by atoms with Gasteiger partial charge in [-0.25, -0.2) is 14.4 Å². The van der Waals surface area contributed by atoms with Crippen LogP contribution in [0, 0.1) is 17.2 Å². The second kappa shape index (κ2) is 10.9. The Balaban J connectivity index is 1.14. The number of hydrogen-bond donors (Lipinski definition) is 2. The molecule has 1 aliphatic carbocycles. The Morgan fingerprint density at radius 2 is 1.92 bits per heavy atom. The molecule has 9 nitrogen and oxygen atoms in total. The van der Waals surface area contributed by atoms with Gasteiger partial charge in [-0.2, -0.15) is 0 Å². The van der Waals surface area contributed by atoms with Crippen molar-refractivity contribution in [1.82, 2.24) is 19.8 Å². The molecule has 0 spiro atoms. The molecule has 0 radical (unpaired) electrons. The summed E-state index contributed by atoms with van der Waals surface area (Å²) in [5.74, 6) is -1.11. The van der Waals surface area contributed by atoms with Crippen LogP contribution in [0.3, 0.4) is 0 Å². The maximum Gasteiger partial charge on any atom is 0.254 e. The van der Waals surface area contributed by atoms with Gasteiger partial charge >= 0.3 is 0 Å². The number of aliphatic hydroxyl groups excluding tert-OH is 1. The number of carbonyl (C=O) groups excluding carboxylic acids is 2. The van der Waals surface area contributed by atoms with E-state index in [2.05, 4.69) is 21.8 Å². The number of hydrogen-bond acceptors (Lipinski definition) is 7. The van der Waals surface area contributed by atoms with Crippen molar-refractivity contribution in [3.05, 3.63) is 42.0 Å². The van der Waals surface area contributed by atoms with Gasteiger partial charge in [0.2, 0.25) is 11.8 Å². The van der Waals surface area contributed by atoms with Crippen molar-refractivity contribution < 1.29 is 23.8 Å². The Labute approximate surface area is 222 Å². The van der Waals surface area contributed by atoms with E-state index in [4.69, 9.17) is 10.5 Å². The number of primary amides is 1. The molecule has 0 bridgehead atoms. The number of rotatable bonds is 8. The smallest absolute Gasteiger partial charge is 0.254 e. The van der Waals surface area contributed by atoms with Crippen molar-refractivity contribution in [3.8, 4) is 17.1 Å². The molecule has 2 atom stereocenters. The summed E-state index contributed by atoms with van der Waals surface area (Å²) >= 11 is 0. The first-order chi connectivity index (χ1) is 18.2. The number of likely N-dealkylation sites (tertiary alicyclic amines) is 2. The molecule has 204 valence electrons. The molecule has 38 heavy (non-hydrogen) atoms. The van der Waals surface area contributed by atoms with Crippen molar-refractivity contribution in [1.29, 1.82) is 0 Å². The predicted molar refractivity (Wildman–Crippen MR) is 139 cm³/mol. The van der Waals surface area contributed by atoms with Gasteiger partial charge in [0.25, 0.3) is 5.91 Å². The lowest BCUT2D eigenvalue weighted by Gasteiger charge is -2.44. The zero-order valence-corrected chi connectivity index (χ0v) is 21.8. The fourth-order valence-electron chi connectivity index (χ4n) is 5.89. The second-order valence-electron chi connectivity index (χ2n) is 11.3. The number of carbonyl (C=O) groups is 2. The van der Waals surface area contributed by atoms with Crippen LogP contribution in [0.1, 0.15) is 55.8 Å². The number of nitrogens with two attached hydrogens (primary N) is 1. The van der Waals surface area contributed by atoms with Crippen LogP contribution < -0.4 is 10.5 Å². The van der Waals surface area contributed by atoms with Gasteiger partial charge in [-0.3, -0.25) is 9.59 Å². The molecule has 3 fully saturated rings. The fourth-order valence-corrected chi connectivity index (χ4v) is 5.89. The highest BCUT2D eigenvalue weighted by Gasteiger charge is 2.40. The topological polar surface area (TPSA) is 122 Å². The summed E-state index contributed by atoms with van der Waals surface area (Å²) in [6, 6.07) is 2.90. The lowest BCUT2D eigenvalue weighted by molar-refractivity contribution is -0.123. The SMILES string of the molecule is CC1(CN2CCC(COc3cnc(-c4ccc(C(=O)N5CC[C@H](O)[C@H]5C(N)=O)cc4F)cn3)CC2)CCC1. The summed E-state index contributed by atoms with van der Waals surface area (Å²) in [6.07, 6.45) is 8.42. The first kappa shape index (κ1) is 26.5. The number of halogens is 1. The van der Waals surface area contributed by atoms with Crippen LogP contribution in [0.25, 0.3) is 11.3 Å². The molecule has 1 saturated carbocycles. The largest absolute Gasteiger partial charge is 0.476 e. The van der Waals surface area contributed by atoms with Crippen LogP contribution in [-0.4, -0.2) is 81.6 Å². The van der Waals surface area contributed by atoms with E-state index in [1.54, 1.807) is 0 Å². The van der Waals surface area contributed by atoms with Crippen LogP contribution in [0.15, 0.2) is 30.6 Å². The van der Waals surface area contributed by atoms with E-state index < -0.39 is 29.8 Å². The third-order valence-corrected chi connectivity index (χ3v) is 8.38. The number of benzene rings is 1. The van der Waals surface area contributed by atoms with Crippen molar-refractivity contribution >= 4 is 11.8 Å². The maximum atomic E-state index is 15.0. The molecule has 2 saturated heterocycles. The Morgan fingerprint density at radius 3 is 2.53 bits per heavy atom. The van der Waals surface area contributed by atoms with Crippen LogP contribution >= 0.6 is 0 Å². The Bertz CT molecular complexity index is 1160. The maximum absolute atomic E-state index is 15.0. The third kappa shape index (κ3) is 5.66. The second-order valence-corrected chi connectivity index (χ2v) is 11.3. The van der Waals surface area contributed by atoms with Gasteiger partial charge in [0.15, 0.2) is 0 Å². The summed E-state index contributed by atoms with van der Waals surface area (Å²) in [7, 11) is 0. The van der Waals surface area contributed by atoms with E-state index in [1.807, 2.05) is 0 Å². The van der Waals surface area contributed by atoms with Crippen LogP contribution in [0.4, 0.5) is 4.39 Å². The number of amides is 2. The molecular formula is C28H36FN5O4. The molecule has 1 aromatic heterocycles. The first-order valence-corrected chi connectivity index (χ1v) is 13.5. The van der Waals surface area contributed by atoms with Crippen LogP contribution in [-0.2, 0) is 4.79 Å². The van der Waals surface area contributed by atoms with E-state index in [0.717, 1.165) is 32.0 Å². The molecular weight excluding hydrogens is 489 g/mol. The van der Waals surface area contributed by atoms with Gasteiger partial charge in [-0.05, 0) is 74.7 Å². The molecule has 2 aromatic rings. The normalized spacial score (nSPS) is 23.7. The highest BCUT2D eigenvalue weighted by molar-refractivity contribution is 5.98. The van der Waals surface area contributed by atoms with E-state index >= 15 is 0 Å². The standard InChI is InChI=1S/C28H36FN5O4/c1-28(8-2-9-28)17-33-10-5-18(6-11-33)16-38-24-15-31-22(14-32-24)20-4-3-19(13-21(20)29)27(37)34-12-7-23(35)25(34)26(30)36/h3-4,13-15,18,23,25,35H,2,5-12,16-17H2,1H3,(H2,30,36)/t23-,25-/m0/s1. The van der Waals surface area contributed by atoms with Gasteiger partial charge in [-0.1, -0.05) is 13.3 Å². The summed E-state index contributed by atoms with van der Waals surface area (Å²) in [4.78, 5) is 36.9. The monoisotopic (exact) mass is 525 g/mol. The zero-order valence-electron chi connectivity index (χ0n) is 21.8. The van der Waals surface area contributed by atoms with Gasteiger partial charge in [0.05, 0.1) is 30.8 Å². The molecule has 1 aromatic carbocycles. The van der Waals surface area contributed by atoms with Crippen molar-refractivity contribution in [2.24, 2.45) is 17.1 Å². The average molecular weight is 526 g/mol. The minimum absolute atomic E-state index is 0.0624. The minimum Gasteiger partial charge on any atom is -0.476 e. The van der Waals surface area contributed by atoms with Gasteiger partial charge < -0.3 is 25.4 Å². The zero-order chi connectivity index (χ0) is 26.9. The van der Waals surface area contributed by atoms with E-state index in [-0.39, 0.29) is 24.1 Å². The number of aliphatic hydroxyl groups is 1. The van der Waals surface area contributed by atoms with Crippen LogP contribution in [0.5, 0.6) is 5.88 Å². The molecule has 5 rings (SSSR count). The van der Waals surface area contributed by atoms with Crippen LogP contribution in [0.2, 0.25) is 0 Å². The van der Waals surface area contributed by atoms with Crippen molar-refractivity contribution in [2.75, 3.05) is 32.8 Å². The van der Waals surface area contributed by atoms with E-state index in [1.165, 1.54) is 55.2 Å².